The Morgan fingerprint density at radius 1 is 0.952 bits per heavy atom. The van der Waals surface area contributed by atoms with Crippen LogP contribution < -0.4 is 16.4 Å². The Bertz CT molecular complexity index is 1460. The Morgan fingerprint density at radius 2 is 1.64 bits per heavy atom. The first kappa shape index (κ1) is 31.2. The van der Waals surface area contributed by atoms with Crippen LogP contribution in [0.25, 0.3) is 0 Å². The maximum absolute atomic E-state index is 13.7. The monoisotopic (exact) mass is 608 g/mol. The lowest BCUT2D eigenvalue weighted by molar-refractivity contribution is -0.142. The van der Waals surface area contributed by atoms with Gasteiger partial charge in [0.15, 0.2) is 5.78 Å². The molecule has 1 aliphatic rings. The van der Waals surface area contributed by atoms with Crippen LogP contribution in [0.4, 0.5) is 5.69 Å². The molecule has 2 atom stereocenters. The van der Waals surface area contributed by atoms with Crippen molar-refractivity contribution in [3.63, 3.8) is 0 Å². The van der Waals surface area contributed by atoms with Gasteiger partial charge in [0.25, 0.3) is 0 Å². The molecule has 0 spiro atoms. The van der Waals surface area contributed by atoms with Gasteiger partial charge in [-0.25, -0.2) is 0 Å². The summed E-state index contributed by atoms with van der Waals surface area (Å²) in [6, 6.07) is 17.8. The number of carbonyl (C=O) groups excluding carboxylic acids is 4. The molecule has 220 valence electrons. The third-order valence-corrected chi connectivity index (χ3v) is 8.20. The number of rotatable bonds is 11. The van der Waals surface area contributed by atoms with Crippen LogP contribution in [0.1, 0.15) is 53.2 Å². The van der Waals surface area contributed by atoms with Crippen molar-refractivity contribution in [3.8, 4) is 0 Å². The second-order valence-electron chi connectivity index (χ2n) is 10.2. The number of nitrogens with two attached hydrogens (primary N) is 1. The quantitative estimate of drug-likeness (QED) is 0.266. The number of fused-ring (bicyclic) bond motifs is 1. The Labute approximate surface area is 255 Å². The molecule has 0 saturated heterocycles. The van der Waals surface area contributed by atoms with Gasteiger partial charge in [-0.05, 0) is 48.2 Å². The topological polar surface area (TPSA) is 122 Å². The predicted octanol–water partition coefficient (Wildman–Crippen LogP) is 4.94. The van der Waals surface area contributed by atoms with Crippen molar-refractivity contribution < 1.29 is 19.2 Å². The van der Waals surface area contributed by atoms with Crippen molar-refractivity contribution >= 4 is 52.4 Å². The van der Waals surface area contributed by atoms with Gasteiger partial charge in [0.05, 0.1) is 10.7 Å². The molecule has 10 heteroatoms. The van der Waals surface area contributed by atoms with E-state index in [-0.39, 0.29) is 50.5 Å². The number of amides is 3. The van der Waals surface area contributed by atoms with E-state index in [1.807, 2.05) is 37.3 Å². The molecule has 3 aromatic carbocycles. The van der Waals surface area contributed by atoms with Crippen molar-refractivity contribution in [2.75, 3.05) is 11.9 Å². The van der Waals surface area contributed by atoms with E-state index in [9.17, 15) is 19.2 Å². The maximum atomic E-state index is 13.7. The third kappa shape index (κ3) is 7.37. The lowest BCUT2D eigenvalue weighted by Gasteiger charge is -2.36. The second-order valence-corrected chi connectivity index (χ2v) is 11.0. The Morgan fingerprint density at radius 3 is 2.33 bits per heavy atom. The van der Waals surface area contributed by atoms with Gasteiger partial charge in [0.1, 0.15) is 12.1 Å². The highest BCUT2D eigenvalue weighted by Crippen LogP contribution is 2.32. The number of carbonyl (C=O) groups is 4. The molecule has 3 aromatic rings. The summed E-state index contributed by atoms with van der Waals surface area (Å²) in [5, 5.41) is 6.43. The molecule has 8 nitrogen and oxygen atoms in total. The van der Waals surface area contributed by atoms with E-state index < -0.39 is 23.9 Å². The number of nitrogens with one attached hydrogen (secondary N) is 2. The maximum Gasteiger partial charge on any atom is 0.247 e. The molecule has 0 unspecified atom stereocenters. The van der Waals surface area contributed by atoms with Gasteiger partial charge >= 0.3 is 0 Å². The average molecular weight is 610 g/mol. The summed E-state index contributed by atoms with van der Waals surface area (Å²) < 4.78 is 0. The smallest absolute Gasteiger partial charge is 0.247 e. The lowest BCUT2D eigenvalue weighted by atomic mass is 9.92. The summed E-state index contributed by atoms with van der Waals surface area (Å²) in [5.74, 6) is -1.41. The molecule has 4 rings (SSSR count). The zero-order valence-electron chi connectivity index (χ0n) is 23.4. The minimum absolute atomic E-state index is 0.0230. The van der Waals surface area contributed by atoms with E-state index in [2.05, 4.69) is 10.6 Å². The standard InChI is InChI=1S/C32H34Cl2N4O4/c1-2-23-24(33)12-13-25(30(23)34)36-31(41)26(16-17-35)37-32(42)27-18-21-10-6-7-11-22(21)19-38(27)29(40)15-14-28(39)20-8-4-3-5-9-20/h3-13,26-27H,2,14-19,35H2,1H3,(H,36,41)(H,37,42)/t26-,27-/m0/s1. The Kier molecular flexibility index (Phi) is 10.7. The zero-order chi connectivity index (χ0) is 30.2. The van der Waals surface area contributed by atoms with Crippen LogP contribution >= 0.6 is 23.2 Å². The number of nitrogens with zero attached hydrogens (tertiary/aromatic N) is 1. The molecular formula is C32H34Cl2N4O4. The van der Waals surface area contributed by atoms with E-state index >= 15 is 0 Å². The molecular weight excluding hydrogens is 575 g/mol. The van der Waals surface area contributed by atoms with Crippen molar-refractivity contribution in [1.29, 1.82) is 0 Å². The van der Waals surface area contributed by atoms with Gasteiger partial charge in [0, 0.05) is 36.4 Å². The van der Waals surface area contributed by atoms with Crippen LogP contribution in [0.3, 0.4) is 0 Å². The summed E-state index contributed by atoms with van der Waals surface area (Å²) in [4.78, 5) is 54.6. The summed E-state index contributed by atoms with van der Waals surface area (Å²) in [6.45, 7) is 2.27. The summed E-state index contributed by atoms with van der Waals surface area (Å²) in [7, 11) is 0. The highest BCUT2D eigenvalue weighted by atomic mass is 35.5. The molecule has 42 heavy (non-hydrogen) atoms. The largest absolute Gasteiger partial charge is 0.342 e. The molecule has 3 amide bonds. The van der Waals surface area contributed by atoms with Gasteiger partial charge in [0.2, 0.25) is 17.7 Å². The number of Topliss-reactive ketones (excluding diaryl/α,β-unsaturated/α-hetero) is 1. The van der Waals surface area contributed by atoms with Gasteiger partial charge in [-0.3, -0.25) is 19.2 Å². The van der Waals surface area contributed by atoms with Gasteiger partial charge in [-0.2, -0.15) is 0 Å². The van der Waals surface area contributed by atoms with Crippen molar-refractivity contribution in [2.24, 2.45) is 5.73 Å². The van der Waals surface area contributed by atoms with Crippen molar-refractivity contribution in [3.05, 3.63) is 99.0 Å². The summed E-state index contributed by atoms with van der Waals surface area (Å²) in [6.07, 6.45) is 1.01. The molecule has 0 aliphatic carbocycles. The van der Waals surface area contributed by atoms with Crippen LogP contribution in [-0.2, 0) is 33.8 Å². The Balaban J connectivity index is 1.50. The zero-order valence-corrected chi connectivity index (χ0v) is 24.9. The van der Waals surface area contributed by atoms with Crippen molar-refractivity contribution in [2.45, 2.75) is 57.7 Å². The molecule has 0 saturated carbocycles. The fraction of sp³-hybridized carbons (Fsp3) is 0.312. The second kappa shape index (κ2) is 14.4. The Hall–Kier alpha value is -3.72. The first-order valence-electron chi connectivity index (χ1n) is 14.0. The van der Waals surface area contributed by atoms with E-state index in [1.54, 1.807) is 36.4 Å². The first-order chi connectivity index (χ1) is 20.2. The number of anilines is 1. The molecule has 4 N–H and O–H groups in total. The van der Waals surface area contributed by atoms with Gasteiger partial charge < -0.3 is 21.3 Å². The van der Waals surface area contributed by atoms with Gasteiger partial charge in [-0.1, -0.05) is 84.7 Å². The molecule has 0 radical (unpaired) electrons. The lowest BCUT2D eigenvalue weighted by Crippen LogP contribution is -2.56. The SMILES string of the molecule is CCc1c(Cl)ccc(NC(=O)[C@H](CCN)NC(=O)[C@@H]2Cc3ccccc3CN2C(=O)CCC(=O)c2ccccc2)c1Cl. The third-order valence-electron chi connectivity index (χ3n) is 7.42. The first-order valence-corrected chi connectivity index (χ1v) is 14.7. The molecule has 1 heterocycles. The van der Waals surface area contributed by atoms with Gasteiger partial charge in [-0.15, -0.1) is 0 Å². The van der Waals surface area contributed by atoms with Crippen LogP contribution in [0.15, 0.2) is 66.7 Å². The average Bonchev–Trinajstić information content (AvgIpc) is 3.00. The van der Waals surface area contributed by atoms with E-state index in [1.165, 1.54) is 4.90 Å². The fourth-order valence-corrected chi connectivity index (χ4v) is 5.78. The summed E-state index contributed by atoms with van der Waals surface area (Å²) >= 11 is 12.7. The van der Waals surface area contributed by atoms with Crippen LogP contribution in [0, 0.1) is 0 Å². The van der Waals surface area contributed by atoms with Crippen molar-refractivity contribution in [1.82, 2.24) is 10.2 Å². The highest BCUT2D eigenvalue weighted by molar-refractivity contribution is 6.38. The molecule has 0 aromatic heterocycles. The molecule has 0 bridgehead atoms. The van der Waals surface area contributed by atoms with E-state index in [0.29, 0.717) is 33.3 Å². The summed E-state index contributed by atoms with van der Waals surface area (Å²) in [5.41, 5.74) is 9.29. The normalized spacial score (nSPS) is 15.0. The predicted molar refractivity (Wildman–Crippen MR) is 165 cm³/mol. The molecule has 1 aliphatic heterocycles. The molecule has 0 fully saturated rings. The fourth-order valence-electron chi connectivity index (χ4n) is 5.09. The van der Waals surface area contributed by atoms with Crippen LogP contribution in [0.2, 0.25) is 10.0 Å². The number of hydrogen-bond donors (Lipinski definition) is 3. The number of halogens is 2. The van der Waals surface area contributed by atoms with E-state index in [0.717, 1.165) is 11.1 Å². The highest BCUT2D eigenvalue weighted by Gasteiger charge is 2.36. The minimum Gasteiger partial charge on any atom is -0.342 e. The number of hydrogen-bond acceptors (Lipinski definition) is 5. The van der Waals surface area contributed by atoms with E-state index in [4.69, 9.17) is 28.9 Å². The minimum atomic E-state index is -0.965. The number of ketones is 1. The number of benzene rings is 3. The van der Waals surface area contributed by atoms with Crippen LogP contribution in [0.5, 0.6) is 0 Å². The van der Waals surface area contributed by atoms with Crippen LogP contribution in [-0.4, -0.2) is 47.0 Å².